The first-order valence-electron chi connectivity index (χ1n) is 7.14. The van der Waals surface area contributed by atoms with E-state index >= 15 is 0 Å². The summed E-state index contributed by atoms with van der Waals surface area (Å²) >= 11 is 0. The van der Waals surface area contributed by atoms with E-state index in [4.69, 9.17) is 10.00 Å². The quantitative estimate of drug-likeness (QED) is 0.920. The molecule has 1 amide bonds. The minimum atomic E-state index is -0.786. The minimum Gasteiger partial charge on any atom is -0.491 e. The number of hydrogen-bond acceptors (Lipinski definition) is 4. The number of hydrogen-bond donors (Lipinski definition) is 1. The first-order chi connectivity index (χ1) is 11.0. The van der Waals surface area contributed by atoms with E-state index < -0.39 is 6.10 Å². The Kier molecular flexibility index (Phi) is 5.34. The zero-order valence-corrected chi connectivity index (χ0v) is 13.1. The molecule has 0 fully saturated rings. The topological polar surface area (TPSA) is 73.6 Å². The summed E-state index contributed by atoms with van der Waals surface area (Å²) in [4.78, 5) is 13.3. The molecule has 2 rings (SSSR count). The van der Waals surface area contributed by atoms with Crippen molar-refractivity contribution in [2.24, 2.45) is 0 Å². The molecular formula is C18H18N2O3. The number of rotatable bonds is 5. The van der Waals surface area contributed by atoms with Crippen LogP contribution in [0.5, 0.6) is 5.75 Å². The first-order valence-corrected chi connectivity index (χ1v) is 7.14. The lowest BCUT2D eigenvalue weighted by molar-refractivity contribution is 0.0827. The third-order valence-corrected chi connectivity index (χ3v) is 3.34. The van der Waals surface area contributed by atoms with Crippen LogP contribution in [-0.4, -0.2) is 36.6 Å². The minimum absolute atomic E-state index is 0.0748. The van der Waals surface area contributed by atoms with Crippen molar-refractivity contribution in [2.75, 3.05) is 20.7 Å². The summed E-state index contributed by atoms with van der Waals surface area (Å²) in [5.74, 6) is 0.502. The summed E-state index contributed by atoms with van der Waals surface area (Å²) in [6.45, 7) is 0.0902. The van der Waals surface area contributed by atoms with Crippen LogP contribution in [0.15, 0.2) is 48.5 Å². The molecule has 118 valence electrons. The Morgan fingerprint density at radius 3 is 2.30 bits per heavy atom. The Bertz CT molecular complexity index is 701. The molecule has 0 aliphatic carbocycles. The normalized spacial score (nSPS) is 11.4. The lowest BCUT2D eigenvalue weighted by Gasteiger charge is -2.14. The Balaban J connectivity index is 1.94. The SMILES string of the molecule is CN(C)C(=O)c1ccc(OCC(O)c2ccc(C#N)cc2)cc1. The number of nitriles is 1. The molecular weight excluding hydrogens is 292 g/mol. The Labute approximate surface area is 135 Å². The highest BCUT2D eigenvalue weighted by Gasteiger charge is 2.10. The van der Waals surface area contributed by atoms with Crippen LogP contribution in [0.3, 0.4) is 0 Å². The smallest absolute Gasteiger partial charge is 0.253 e. The summed E-state index contributed by atoms with van der Waals surface area (Å²) in [6, 6.07) is 15.5. The van der Waals surface area contributed by atoms with Crippen molar-refractivity contribution in [1.82, 2.24) is 4.90 Å². The third kappa shape index (κ3) is 4.31. The molecule has 0 radical (unpaired) electrons. The fraction of sp³-hybridized carbons (Fsp3) is 0.222. The van der Waals surface area contributed by atoms with Crippen LogP contribution in [0.1, 0.15) is 27.6 Å². The van der Waals surface area contributed by atoms with Crippen LogP contribution < -0.4 is 4.74 Å². The van der Waals surface area contributed by atoms with Crippen molar-refractivity contribution in [2.45, 2.75) is 6.10 Å². The fourth-order valence-corrected chi connectivity index (χ4v) is 2.00. The van der Waals surface area contributed by atoms with E-state index in [1.165, 1.54) is 4.90 Å². The van der Waals surface area contributed by atoms with Gasteiger partial charge < -0.3 is 14.7 Å². The Morgan fingerprint density at radius 2 is 1.78 bits per heavy atom. The summed E-state index contributed by atoms with van der Waals surface area (Å²) in [7, 11) is 3.39. The van der Waals surface area contributed by atoms with Gasteiger partial charge in [-0.15, -0.1) is 0 Å². The standard InChI is InChI=1S/C18H18N2O3/c1-20(2)18(22)15-7-9-16(10-8-15)23-12-17(21)14-5-3-13(11-19)4-6-14/h3-10,17,21H,12H2,1-2H3. The van der Waals surface area contributed by atoms with Crippen LogP contribution in [0.4, 0.5) is 0 Å². The van der Waals surface area contributed by atoms with Gasteiger partial charge in [-0.25, -0.2) is 0 Å². The van der Waals surface area contributed by atoms with E-state index in [-0.39, 0.29) is 12.5 Å². The summed E-state index contributed by atoms with van der Waals surface area (Å²) < 4.78 is 5.53. The van der Waals surface area contributed by atoms with Crippen molar-refractivity contribution in [3.8, 4) is 11.8 Å². The van der Waals surface area contributed by atoms with Gasteiger partial charge in [0.25, 0.3) is 5.91 Å². The van der Waals surface area contributed by atoms with Crippen LogP contribution >= 0.6 is 0 Å². The monoisotopic (exact) mass is 310 g/mol. The van der Waals surface area contributed by atoms with Crippen LogP contribution in [0.2, 0.25) is 0 Å². The second-order valence-corrected chi connectivity index (χ2v) is 5.28. The molecule has 2 aromatic rings. The molecule has 0 heterocycles. The molecule has 5 nitrogen and oxygen atoms in total. The maximum atomic E-state index is 11.8. The van der Waals surface area contributed by atoms with E-state index in [1.54, 1.807) is 62.6 Å². The average Bonchev–Trinajstić information content (AvgIpc) is 2.59. The number of benzene rings is 2. The van der Waals surface area contributed by atoms with Gasteiger partial charge in [0.05, 0.1) is 11.6 Å². The maximum absolute atomic E-state index is 11.8. The lowest BCUT2D eigenvalue weighted by Crippen LogP contribution is -2.21. The van der Waals surface area contributed by atoms with Crippen LogP contribution in [0.25, 0.3) is 0 Å². The highest BCUT2D eigenvalue weighted by atomic mass is 16.5. The average molecular weight is 310 g/mol. The number of aliphatic hydroxyl groups is 1. The van der Waals surface area contributed by atoms with Gasteiger partial charge in [0.15, 0.2) is 0 Å². The molecule has 0 aliphatic rings. The van der Waals surface area contributed by atoms with Crippen molar-refractivity contribution in [3.05, 3.63) is 65.2 Å². The van der Waals surface area contributed by atoms with E-state index in [9.17, 15) is 9.90 Å². The second-order valence-electron chi connectivity index (χ2n) is 5.28. The number of carbonyl (C=O) groups is 1. The number of ether oxygens (including phenoxy) is 1. The van der Waals surface area contributed by atoms with Gasteiger partial charge in [-0.3, -0.25) is 4.79 Å². The molecule has 5 heteroatoms. The van der Waals surface area contributed by atoms with Gasteiger partial charge in [-0.1, -0.05) is 12.1 Å². The first kappa shape index (κ1) is 16.5. The summed E-state index contributed by atoms with van der Waals surface area (Å²) in [6.07, 6.45) is -0.786. The van der Waals surface area contributed by atoms with Crippen molar-refractivity contribution in [1.29, 1.82) is 5.26 Å². The van der Waals surface area contributed by atoms with Crippen LogP contribution in [-0.2, 0) is 0 Å². The lowest BCUT2D eigenvalue weighted by atomic mass is 10.1. The van der Waals surface area contributed by atoms with Crippen LogP contribution in [0, 0.1) is 11.3 Å². The van der Waals surface area contributed by atoms with E-state index in [1.807, 2.05) is 6.07 Å². The highest BCUT2D eigenvalue weighted by molar-refractivity contribution is 5.93. The van der Waals surface area contributed by atoms with Gasteiger partial charge in [0.2, 0.25) is 0 Å². The highest BCUT2D eigenvalue weighted by Crippen LogP contribution is 2.18. The zero-order valence-electron chi connectivity index (χ0n) is 13.1. The molecule has 1 atom stereocenters. The predicted octanol–water partition coefficient (Wildman–Crippen LogP) is 2.37. The van der Waals surface area contributed by atoms with E-state index in [2.05, 4.69) is 0 Å². The largest absolute Gasteiger partial charge is 0.491 e. The maximum Gasteiger partial charge on any atom is 0.253 e. The van der Waals surface area contributed by atoms with E-state index in [0.29, 0.717) is 22.4 Å². The van der Waals surface area contributed by atoms with Gasteiger partial charge in [-0.05, 0) is 42.0 Å². The number of nitrogens with zero attached hydrogens (tertiary/aromatic N) is 2. The van der Waals surface area contributed by atoms with E-state index in [0.717, 1.165) is 0 Å². The molecule has 0 aliphatic heterocycles. The fourth-order valence-electron chi connectivity index (χ4n) is 2.00. The third-order valence-electron chi connectivity index (χ3n) is 3.34. The van der Waals surface area contributed by atoms with Crippen molar-refractivity contribution < 1.29 is 14.6 Å². The summed E-state index contributed by atoms with van der Waals surface area (Å²) in [5.41, 5.74) is 1.81. The molecule has 0 spiro atoms. The van der Waals surface area contributed by atoms with Gasteiger partial charge >= 0.3 is 0 Å². The van der Waals surface area contributed by atoms with Gasteiger partial charge in [0.1, 0.15) is 18.5 Å². The van der Waals surface area contributed by atoms with Crippen molar-refractivity contribution in [3.63, 3.8) is 0 Å². The number of amides is 1. The zero-order chi connectivity index (χ0) is 16.8. The molecule has 1 N–H and O–H groups in total. The number of aliphatic hydroxyl groups excluding tert-OH is 1. The van der Waals surface area contributed by atoms with Crippen molar-refractivity contribution >= 4 is 5.91 Å². The molecule has 23 heavy (non-hydrogen) atoms. The molecule has 0 saturated heterocycles. The molecule has 0 saturated carbocycles. The number of carbonyl (C=O) groups excluding carboxylic acids is 1. The second kappa shape index (κ2) is 7.43. The van der Waals surface area contributed by atoms with Gasteiger partial charge in [-0.2, -0.15) is 5.26 Å². The van der Waals surface area contributed by atoms with Gasteiger partial charge in [0, 0.05) is 19.7 Å². The molecule has 0 aromatic heterocycles. The Hall–Kier alpha value is -2.84. The molecule has 2 aromatic carbocycles. The predicted molar refractivity (Wildman–Crippen MR) is 86.1 cm³/mol. The Morgan fingerprint density at radius 1 is 1.17 bits per heavy atom. The summed E-state index contributed by atoms with van der Waals surface area (Å²) in [5, 5.41) is 18.8. The molecule has 0 bridgehead atoms. The molecule has 1 unspecified atom stereocenters.